The second kappa shape index (κ2) is 10.3. The fourth-order valence-corrected chi connectivity index (χ4v) is 3.51. The molecule has 1 aromatic carbocycles. The van der Waals surface area contributed by atoms with Crippen molar-refractivity contribution >= 4 is 29.3 Å². The highest BCUT2D eigenvalue weighted by molar-refractivity contribution is 6.05. The lowest BCUT2D eigenvalue weighted by molar-refractivity contribution is -0.137. The van der Waals surface area contributed by atoms with Crippen molar-refractivity contribution in [3.8, 4) is 0 Å². The molecule has 0 aliphatic carbocycles. The van der Waals surface area contributed by atoms with Crippen LogP contribution in [0.25, 0.3) is 0 Å². The van der Waals surface area contributed by atoms with Crippen molar-refractivity contribution in [3.63, 3.8) is 0 Å². The highest BCUT2D eigenvalue weighted by atomic mass is 16.5. The Labute approximate surface area is 174 Å². The van der Waals surface area contributed by atoms with Crippen LogP contribution in [-0.4, -0.2) is 67.4 Å². The van der Waals surface area contributed by atoms with Crippen molar-refractivity contribution in [2.75, 3.05) is 38.2 Å². The molecule has 0 bridgehead atoms. The molecule has 1 aromatic rings. The lowest BCUT2D eigenvalue weighted by atomic mass is 10.0. The van der Waals surface area contributed by atoms with Crippen molar-refractivity contribution in [1.29, 1.82) is 0 Å². The lowest BCUT2D eigenvalue weighted by Crippen LogP contribution is -2.52. The Morgan fingerprint density at radius 2 is 2.10 bits per heavy atom. The van der Waals surface area contributed by atoms with Crippen molar-refractivity contribution < 1.29 is 23.9 Å². The van der Waals surface area contributed by atoms with E-state index in [1.165, 1.54) is 4.90 Å². The molecule has 2 aliphatic rings. The molecule has 162 valence electrons. The molecule has 10 nitrogen and oxygen atoms in total. The summed E-state index contributed by atoms with van der Waals surface area (Å²) in [6, 6.07) is 4.36. The maximum absolute atomic E-state index is 12.7. The molecule has 3 rings (SSSR count). The van der Waals surface area contributed by atoms with Gasteiger partial charge in [-0.25, -0.2) is 0 Å². The summed E-state index contributed by atoms with van der Waals surface area (Å²) in [5.41, 5.74) is 7.19. The van der Waals surface area contributed by atoms with Crippen LogP contribution in [-0.2, 0) is 25.7 Å². The van der Waals surface area contributed by atoms with Crippen LogP contribution in [0.5, 0.6) is 0 Å². The number of anilines is 1. The summed E-state index contributed by atoms with van der Waals surface area (Å²) in [5, 5.41) is 8.19. The molecule has 2 heterocycles. The van der Waals surface area contributed by atoms with E-state index in [0.717, 1.165) is 18.5 Å². The SMILES string of the molecule is NCCCNCCOCC(=O)Nc1ccc2c(c1)CN(C1CCC(=O)NC1=O)C2=O. The first-order valence-corrected chi connectivity index (χ1v) is 10.1. The molecule has 1 fully saturated rings. The van der Waals surface area contributed by atoms with Gasteiger partial charge in [-0.15, -0.1) is 0 Å². The largest absolute Gasteiger partial charge is 0.370 e. The minimum absolute atomic E-state index is 0.0724. The Kier molecular flexibility index (Phi) is 7.50. The molecule has 1 atom stereocenters. The van der Waals surface area contributed by atoms with Gasteiger partial charge in [-0.3, -0.25) is 24.5 Å². The molecule has 5 N–H and O–H groups in total. The number of piperidine rings is 1. The van der Waals surface area contributed by atoms with E-state index in [0.29, 0.717) is 37.4 Å². The van der Waals surface area contributed by atoms with Gasteiger partial charge in [0.15, 0.2) is 0 Å². The van der Waals surface area contributed by atoms with Gasteiger partial charge in [0.2, 0.25) is 17.7 Å². The van der Waals surface area contributed by atoms with Gasteiger partial charge in [-0.05, 0) is 49.7 Å². The van der Waals surface area contributed by atoms with E-state index in [2.05, 4.69) is 16.0 Å². The average Bonchev–Trinajstić information content (AvgIpc) is 3.03. The predicted molar refractivity (Wildman–Crippen MR) is 108 cm³/mol. The first kappa shape index (κ1) is 21.9. The van der Waals surface area contributed by atoms with E-state index in [9.17, 15) is 19.2 Å². The number of benzene rings is 1. The second-order valence-electron chi connectivity index (χ2n) is 7.26. The van der Waals surface area contributed by atoms with E-state index < -0.39 is 11.9 Å². The second-order valence-corrected chi connectivity index (χ2v) is 7.26. The minimum Gasteiger partial charge on any atom is -0.370 e. The number of carbonyl (C=O) groups excluding carboxylic acids is 4. The third-order valence-corrected chi connectivity index (χ3v) is 5.02. The summed E-state index contributed by atoms with van der Waals surface area (Å²) in [6.07, 6.45) is 1.41. The van der Waals surface area contributed by atoms with Crippen LogP contribution < -0.4 is 21.7 Å². The van der Waals surface area contributed by atoms with Gasteiger partial charge < -0.3 is 26.0 Å². The molecule has 1 unspecified atom stereocenters. The number of carbonyl (C=O) groups is 4. The Balaban J connectivity index is 1.49. The third kappa shape index (κ3) is 5.41. The number of nitrogens with one attached hydrogen (secondary N) is 3. The zero-order valence-electron chi connectivity index (χ0n) is 16.7. The van der Waals surface area contributed by atoms with Crippen LogP contribution in [0.15, 0.2) is 18.2 Å². The molecule has 4 amide bonds. The standard InChI is InChI=1S/C20H27N5O5/c21-6-1-7-22-8-9-30-12-18(27)23-14-2-3-15-13(10-14)11-25(20(15)29)16-4-5-17(26)24-19(16)28/h2-3,10,16,22H,1,4-9,11-12,21H2,(H,23,27)(H,24,26,28). The van der Waals surface area contributed by atoms with Crippen molar-refractivity contribution in [1.82, 2.24) is 15.5 Å². The molecule has 0 spiro atoms. The third-order valence-electron chi connectivity index (χ3n) is 5.02. The molecule has 0 aromatic heterocycles. The number of imide groups is 1. The molecule has 1 saturated heterocycles. The number of rotatable bonds is 10. The Hall–Kier alpha value is -2.82. The summed E-state index contributed by atoms with van der Waals surface area (Å²) in [6.45, 7) is 2.69. The predicted octanol–water partition coefficient (Wildman–Crippen LogP) is -0.659. The van der Waals surface area contributed by atoms with Crippen LogP contribution >= 0.6 is 0 Å². The molecular formula is C20H27N5O5. The van der Waals surface area contributed by atoms with Gasteiger partial charge in [0.25, 0.3) is 5.91 Å². The van der Waals surface area contributed by atoms with Crippen molar-refractivity contribution in [3.05, 3.63) is 29.3 Å². The summed E-state index contributed by atoms with van der Waals surface area (Å²) in [4.78, 5) is 49.6. The first-order chi connectivity index (χ1) is 14.5. The molecular weight excluding hydrogens is 390 g/mol. The number of nitrogens with two attached hydrogens (primary N) is 1. The highest BCUT2D eigenvalue weighted by Crippen LogP contribution is 2.29. The van der Waals surface area contributed by atoms with Gasteiger partial charge in [0.05, 0.1) is 6.61 Å². The normalized spacial score (nSPS) is 18.4. The average molecular weight is 417 g/mol. The fourth-order valence-electron chi connectivity index (χ4n) is 3.51. The summed E-state index contributed by atoms with van der Waals surface area (Å²) in [7, 11) is 0. The van der Waals surface area contributed by atoms with Gasteiger partial charge in [-0.2, -0.15) is 0 Å². The maximum atomic E-state index is 12.7. The summed E-state index contributed by atoms with van der Waals surface area (Å²) >= 11 is 0. The Morgan fingerprint density at radius 3 is 2.87 bits per heavy atom. The zero-order valence-corrected chi connectivity index (χ0v) is 16.7. The van der Waals surface area contributed by atoms with Gasteiger partial charge >= 0.3 is 0 Å². The molecule has 0 saturated carbocycles. The van der Waals surface area contributed by atoms with Gasteiger partial charge in [-0.1, -0.05) is 0 Å². The molecule has 0 radical (unpaired) electrons. The van der Waals surface area contributed by atoms with Gasteiger partial charge in [0.1, 0.15) is 12.6 Å². The fraction of sp³-hybridized carbons (Fsp3) is 0.500. The monoisotopic (exact) mass is 417 g/mol. The first-order valence-electron chi connectivity index (χ1n) is 10.1. The van der Waals surface area contributed by atoms with Crippen LogP contribution in [0.1, 0.15) is 35.2 Å². The molecule has 30 heavy (non-hydrogen) atoms. The van der Waals surface area contributed by atoms with Gasteiger partial charge in [0, 0.05) is 30.8 Å². The van der Waals surface area contributed by atoms with Crippen LogP contribution in [0.2, 0.25) is 0 Å². The number of hydrogen-bond donors (Lipinski definition) is 4. The summed E-state index contributed by atoms with van der Waals surface area (Å²) in [5.74, 6) is -1.30. The number of hydrogen-bond acceptors (Lipinski definition) is 7. The van der Waals surface area contributed by atoms with E-state index in [1.807, 2.05) is 0 Å². The lowest BCUT2D eigenvalue weighted by Gasteiger charge is -2.29. The van der Waals surface area contributed by atoms with Crippen LogP contribution in [0.3, 0.4) is 0 Å². The van der Waals surface area contributed by atoms with Crippen LogP contribution in [0.4, 0.5) is 5.69 Å². The Morgan fingerprint density at radius 1 is 1.27 bits per heavy atom. The maximum Gasteiger partial charge on any atom is 0.255 e. The number of nitrogens with zero attached hydrogens (tertiary/aromatic N) is 1. The van der Waals surface area contributed by atoms with E-state index in [1.54, 1.807) is 18.2 Å². The summed E-state index contributed by atoms with van der Waals surface area (Å²) < 4.78 is 5.33. The van der Waals surface area contributed by atoms with E-state index >= 15 is 0 Å². The van der Waals surface area contributed by atoms with E-state index in [4.69, 9.17) is 10.5 Å². The quantitative estimate of drug-likeness (QED) is 0.292. The van der Waals surface area contributed by atoms with Crippen molar-refractivity contribution in [2.45, 2.75) is 31.8 Å². The number of fused-ring (bicyclic) bond motifs is 1. The smallest absolute Gasteiger partial charge is 0.255 e. The molecule has 10 heteroatoms. The number of amides is 4. The minimum atomic E-state index is -0.660. The number of ether oxygens (including phenoxy) is 1. The molecule has 2 aliphatic heterocycles. The van der Waals surface area contributed by atoms with E-state index in [-0.39, 0.29) is 37.3 Å². The Bertz CT molecular complexity index is 828. The van der Waals surface area contributed by atoms with Crippen molar-refractivity contribution in [2.24, 2.45) is 5.73 Å². The topological polar surface area (TPSA) is 143 Å². The zero-order chi connectivity index (χ0) is 21.5. The highest BCUT2D eigenvalue weighted by Gasteiger charge is 2.39. The van der Waals surface area contributed by atoms with Crippen LogP contribution in [0, 0.1) is 0 Å².